The first-order valence-corrected chi connectivity index (χ1v) is 9.59. The first kappa shape index (κ1) is 17.8. The van der Waals surface area contributed by atoms with Gasteiger partial charge in [-0.05, 0) is 43.3 Å². The first-order valence-electron chi connectivity index (χ1n) is 7.94. The summed E-state index contributed by atoms with van der Waals surface area (Å²) in [5.41, 5.74) is 2.01. The van der Waals surface area contributed by atoms with E-state index in [9.17, 15) is 13.2 Å². The molecule has 3 rings (SSSR count). The minimum Gasteiger partial charge on any atom is -0.403 e. The SMILES string of the molecule is CCS(=O)(=O)c1ccc(-c2nnc(NC(=O)c3cccc(C)c3)o2)cc1. The highest BCUT2D eigenvalue weighted by Gasteiger charge is 2.15. The summed E-state index contributed by atoms with van der Waals surface area (Å²) in [7, 11) is -3.27. The van der Waals surface area contributed by atoms with Crippen molar-refractivity contribution in [2.75, 3.05) is 11.1 Å². The third-order valence-corrected chi connectivity index (χ3v) is 5.52. The van der Waals surface area contributed by atoms with Crippen LogP contribution in [0, 0.1) is 6.92 Å². The maximum absolute atomic E-state index is 12.2. The van der Waals surface area contributed by atoms with Gasteiger partial charge in [-0.3, -0.25) is 10.1 Å². The number of hydrogen-bond donors (Lipinski definition) is 1. The number of aromatic nitrogens is 2. The Morgan fingerprint density at radius 1 is 1.12 bits per heavy atom. The van der Waals surface area contributed by atoms with Crippen molar-refractivity contribution in [3.05, 3.63) is 59.7 Å². The summed E-state index contributed by atoms with van der Waals surface area (Å²) in [4.78, 5) is 12.4. The molecule has 0 aliphatic rings. The largest absolute Gasteiger partial charge is 0.403 e. The second-order valence-electron chi connectivity index (χ2n) is 5.66. The molecule has 0 saturated carbocycles. The number of aryl methyl sites for hydroxylation is 1. The average Bonchev–Trinajstić information content (AvgIpc) is 3.10. The van der Waals surface area contributed by atoms with Gasteiger partial charge in [-0.25, -0.2) is 8.42 Å². The van der Waals surface area contributed by atoms with Gasteiger partial charge in [0.1, 0.15) is 0 Å². The molecular formula is C18H17N3O4S. The maximum atomic E-state index is 12.2. The Kier molecular flexibility index (Phi) is 4.85. The van der Waals surface area contributed by atoms with E-state index in [0.717, 1.165) is 5.56 Å². The van der Waals surface area contributed by atoms with Gasteiger partial charge in [-0.1, -0.05) is 29.7 Å². The van der Waals surface area contributed by atoms with Crippen LogP contribution >= 0.6 is 0 Å². The van der Waals surface area contributed by atoms with Crippen LogP contribution in [-0.2, 0) is 9.84 Å². The lowest BCUT2D eigenvalue weighted by Crippen LogP contribution is -2.12. The van der Waals surface area contributed by atoms with Gasteiger partial charge in [0.05, 0.1) is 10.6 Å². The zero-order valence-electron chi connectivity index (χ0n) is 14.3. The molecule has 1 N–H and O–H groups in total. The molecule has 8 heteroatoms. The van der Waals surface area contributed by atoms with E-state index in [1.165, 1.54) is 12.1 Å². The van der Waals surface area contributed by atoms with Crippen molar-refractivity contribution in [2.24, 2.45) is 0 Å². The number of nitrogens with one attached hydrogen (secondary N) is 1. The smallest absolute Gasteiger partial charge is 0.322 e. The van der Waals surface area contributed by atoms with Crippen LogP contribution in [0.15, 0.2) is 57.8 Å². The van der Waals surface area contributed by atoms with Crippen LogP contribution < -0.4 is 5.32 Å². The summed E-state index contributed by atoms with van der Waals surface area (Å²) in [6, 6.07) is 13.2. The zero-order valence-corrected chi connectivity index (χ0v) is 15.1. The number of carbonyl (C=O) groups excluding carboxylic acids is 1. The summed E-state index contributed by atoms with van der Waals surface area (Å²) in [6.45, 7) is 3.48. The van der Waals surface area contributed by atoms with Crippen LogP contribution in [0.25, 0.3) is 11.5 Å². The molecule has 1 aromatic heterocycles. The molecule has 0 unspecified atom stereocenters. The van der Waals surface area contributed by atoms with Gasteiger partial charge in [0.15, 0.2) is 9.84 Å². The summed E-state index contributed by atoms with van der Waals surface area (Å²) in [5.74, 6) is -0.138. The number of nitrogens with zero attached hydrogens (tertiary/aromatic N) is 2. The van der Waals surface area contributed by atoms with Crippen LogP contribution in [0.4, 0.5) is 6.01 Å². The van der Waals surface area contributed by atoms with Crippen LogP contribution in [0.2, 0.25) is 0 Å². The molecule has 7 nitrogen and oxygen atoms in total. The molecule has 0 aliphatic carbocycles. The molecule has 3 aromatic rings. The van der Waals surface area contributed by atoms with E-state index >= 15 is 0 Å². The normalized spacial score (nSPS) is 11.3. The molecule has 1 amide bonds. The van der Waals surface area contributed by atoms with Crippen LogP contribution in [0.1, 0.15) is 22.8 Å². The van der Waals surface area contributed by atoms with E-state index in [-0.39, 0.29) is 28.5 Å². The molecule has 0 fully saturated rings. The van der Waals surface area contributed by atoms with E-state index in [2.05, 4.69) is 15.5 Å². The van der Waals surface area contributed by atoms with Crippen molar-refractivity contribution in [1.29, 1.82) is 0 Å². The molecular weight excluding hydrogens is 354 g/mol. The summed E-state index contributed by atoms with van der Waals surface area (Å²) in [5, 5.41) is 10.2. The quantitative estimate of drug-likeness (QED) is 0.739. The fourth-order valence-corrected chi connectivity index (χ4v) is 3.20. The predicted molar refractivity (Wildman–Crippen MR) is 96.6 cm³/mol. The fourth-order valence-electron chi connectivity index (χ4n) is 2.32. The molecule has 0 saturated heterocycles. The topological polar surface area (TPSA) is 102 Å². The molecule has 134 valence electrons. The summed E-state index contributed by atoms with van der Waals surface area (Å²) >= 11 is 0. The molecule has 0 radical (unpaired) electrons. The van der Waals surface area contributed by atoms with Gasteiger partial charge in [0.25, 0.3) is 5.91 Å². The molecule has 26 heavy (non-hydrogen) atoms. The van der Waals surface area contributed by atoms with Crippen LogP contribution in [0.3, 0.4) is 0 Å². The number of benzene rings is 2. The lowest BCUT2D eigenvalue weighted by molar-refractivity contribution is 0.102. The maximum Gasteiger partial charge on any atom is 0.322 e. The standard InChI is InChI=1S/C18H17N3O4S/c1-3-26(23,24)15-9-7-13(8-10-15)17-20-21-18(25-17)19-16(22)14-6-4-5-12(2)11-14/h4-11H,3H2,1-2H3,(H,19,21,22). The Labute approximate surface area is 151 Å². The van der Waals surface area contributed by atoms with E-state index in [1.807, 2.05) is 13.0 Å². The average molecular weight is 371 g/mol. The van der Waals surface area contributed by atoms with Gasteiger partial charge in [-0.2, -0.15) is 0 Å². The predicted octanol–water partition coefficient (Wildman–Crippen LogP) is 3.09. The second-order valence-corrected chi connectivity index (χ2v) is 7.94. The van der Waals surface area contributed by atoms with Crippen molar-refractivity contribution in [2.45, 2.75) is 18.7 Å². The third kappa shape index (κ3) is 3.80. The van der Waals surface area contributed by atoms with Crippen molar-refractivity contribution in [3.8, 4) is 11.5 Å². The number of rotatable bonds is 5. The monoisotopic (exact) mass is 371 g/mol. The minimum absolute atomic E-state index is 0.0298. The van der Waals surface area contributed by atoms with Gasteiger partial charge in [-0.15, -0.1) is 5.10 Å². The number of sulfone groups is 1. The lowest BCUT2D eigenvalue weighted by atomic mass is 10.1. The zero-order chi connectivity index (χ0) is 18.7. The van der Waals surface area contributed by atoms with Crippen LogP contribution in [0.5, 0.6) is 0 Å². The van der Waals surface area contributed by atoms with E-state index in [0.29, 0.717) is 11.1 Å². The van der Waals surface area contributed by atoms with E-state index < -0.39 is 9.84 Å². The van der Waals surface area contributed by atoms with E-state index in [4.69, 9.17) is 4.42 Å². The second kappa shape index (κ2) is 7.09. The Bertz CT molecular complexity index is 1040. The first-order chi connectivity index (χ1) is 12.4. The molecule has 2 aromatic carbocycles. The number of anilines is 1. The number of hydrogen-bond acceptors (Lipinski definition) is 6. The Morgan fingerprint density at radius 2 is 1.85 bits per heavy atom. The minimum atomic E-state index is -3.27. The summed E-state index contributed by atoms with van der Waals surface area (Å²) in [6.07, 6.45) is 0. The Balaban J connectivity index is 1.76. The molecule has 0 atom stereocenters. The van der Waals surface area contributed by atoms with Gasteiger partial charge in [0.2, 0.25) is 5.89 Å². The van der Waals surface area contributed by atoms with Crippen molar-refractivity contribution in [3.63, 3.8) is 0 Å². The number of amides is 1. The Hall–Kier alpha value is -3.00. The molecule has 0 aliphatic heterocycles. The van der Waals surface area contributed by atoms with Crippen molar-refractivity contribution in [1.82, 2.24) is 10.2 Å². The van der Waals surface area contributed by atoms with Crippen LogP contribution in [-0.4, -0.2) is 30.3 Å². The Morgan fingerprint density at radius 3 is 2.50 bits per heavy atom. The fraction of sp³-hybridized carbons (Fsp3) is 0.167. The van der Waals surface area contributed by atoms with Gasteiger partial charge in [0, 0.05) is 11.1 Å². The third-order valence-electron chi connectivity index (χ3n) is 3.77. The van der Waals surface area contributed by atoms with Gasteiger partial charge >= 0.3 is 6.01 Å². The summed E-state index contributed by atoms with van der Waals surface area (Å²) < 4.78 is 29.1. The lowest BCUT2D eigenvalue weighted by Gasteiger charge is -2.02. The van der Waals surface area contributed by atoms with Crippen molar-refractivity contribution >= 4 is 21.8 Å². The van der Waals surface area contributed by atoms with Crippen molar-refractivity contribution < 1.29 is 17.6 Å². The molecule has 0 bridgehead atoms. The highest BCUT2D eigenvalue weighted by Crippen LogP contribution is 2.22. The van der Waals surface area contributed by atoms with E-state index in [1.54, 1.807) is 37.3 Å². The highest BCUT2D eigenvalue weighted by molar-refractivity contribution is 7.91. The molecule has 1 heterocycles. The van der Waals surface area contributed by atoms with Gasteiger partial charge < -0.3 is 4.42 Å². The molecule has 0 spiro atoms. The number of carbonyl (C=O) groups is 1. The highest BCUT2D eigenvalue weighted by atomic mass is 32.2.